The van der Waals surface area contributed by atoms with E-state index in [-0.39, 0.29) is 6.10 Å². The van der Waals surface area contributed by atoms with Crippen molar-refractivity contribution >= 4 is 0 Å². The summed E-state index contributed by atoms with van der Waals surface area (Å²) in [5.41, 5.74) is 0.986. The highest BCUT2D eigenvalue weighted by molar-refractivity contribution is 5.11. The van der Waals surface area contributed by atoms with Gasteiger partial charge in [0.15, 0.2) is 0 Å². The van der Waals surface area contributed by atoms with E-state index in [1.54, 1.807) is 7.11 Å². The first-order valence-corrected chi connectivity index (χ1v) is 4.67. The van der Waals surface area contributed by atoms with E-state index >= 15 is 0 Å². The molecule has 0 aromatic carbocycles. The Morgan fingerprint density at radius 2 is 2.31 bits per heavy atom. The van der Waals surface area contributed by atoms with Crippen molar-refractivity contribution in [2.75, 3.05) is 7.11 Å². The second-order valence-corrected chi connectivity index (χ2v) is 3.49. The average Bonchev–Trinajstić information content (AvgIpc) is 3.00. The van der Waals surface area contributed by atoms with Gasteiger partial charge in [-0.25, -0.2) is 9.97 Å². The molecule has 0 saturated heterocycles. The van der Waals surface area contributed by atoms with Crippen molar-refractivity contribution in [3.05, 3.63) is 23.8 Å². The molecule has 1 saturated carbocycles. The van der Waals surface area contributed by atoms with Crippen LogP contribution < -0.4 is 0 Å². The fourth-order valence-electron chi connectivity index (χ4n) is 1.27. The summed E-state index contributed by atoms with van der Waals surface area (Å²) in [6, 6.07) is 1.92. The van der Waals surface area contributed by atoms with E-state index in [0.29, 0.717) is 5.92 Å². The van der Waals surface area contributed by atoms with Gasteiger partial charge in [0.1, 0.15) is 5.82 Å². The number of nitrogens with zero attached hydrogens (tertiary/aromatic N) is 2. The van der Waals surface area contributed by atoms with Crippen molar-refractivity contribution in [2.45, 2.75) is 31.8 Å². The van der Waals surface area contributed by atoms with Crippen LogP contribution in [0.25, 0.3) is 0 Å². The zero-order valence-corrected chi connectivity index (χ0v) is 8.03. The van der Waals surface area contributed by atoms with Gasteiger partial charge in [-0.3, -0.25) is 0 Å². The minimum absolute atomic E-state index is 0.0699. The van der Waals surface area contributed by atoms with Crippen LogP contribution in [0.15, 0.2) is 12.3 Å². The van der Waals surface area contributed by atoms with Crippen molar-refractivity contribution in [1.29, 1.82) is 0 Å². The van der Waals surface area contributed by atoms with E-state index < -0.39 is 0 Å². The number of aromatic nitrogens is 2. The van der Waals surface area contributed by atoms with Gasteiger partial charge in [-0.2, -0.15) is 0 Å². The molecule has 1 fully saturated rings. The first-order chi connectivity index (χ1) is 6.31. The van der Waals surface area contributed by atoms with Gasteiger partial charge < -0.3 is 4.74 Å². The molecule has 0 radical (unpaired) electrons. The summed E-state index contributed by atoms with van der Waals surface area (Å²) in [5.74, 6) is 1.60. The van der Waals surface area contributed by atoms with Crippen LogP contribution in [0.4, 0.5) is 0 Å². The van der Waals surface area contributed by atoms with Crippen LogP contribution in [0, 0.1) is 0 Å². The van der Waals surface area contributed by atoms with E-state index in [1.807, 2.05) is 19.2 Å². The lowest BCUT2D eigenvalue weighted by Gasteiger charge is -2.08. The molecule has 1 aromatic heterocycles. The van der Waals surface area contributed by atoms with Gasteiger partial charge >= 0.3 is 0 Å². The Hall–Kier alpha value is -0.960. The van der Waals surface area contributed by atoms with Gasteiger partial charge in [0.05, 0.1) is 11.8 Å². The minimum Gasteiger partial charge on any atom is -0.375 e. The largest absolute Gasteiger partial charge is 0.375 e. The summed E-state index contributed by atoms with van der Waals surface area (Å²) in [6.45, 7) is 2.00. The predicted molar refractivity (Wildman–Crippen MR) is 49.4 cm³/mol. The molecule has 13 heavy (non-hydrogen) atoms. The van der Waals surface area contributed by atoms with Crippen molar-refractivity contribution in [3.8, 4) is 0 Å². The molecule has 3 nitrogen and oxygen atoms in total. The standard InChI is InChI=1S/C10H14N2O/c1-7(13-2)9-5-6-11-10(12-9)8-3-4-8/h5-8H,3-4H2,1-2H3. The molecule has 0 amide bonds. The smallest absolute Gasteiger partial charge is 0.131 e. The van der Waals surface area contributed by atoms with E-state index in [4.69, 9.17) is 4.74 Å². The molecular formula is C10H14N2O. The van der Waals surface area contributed by atoms with Gasteiger partial charge in [0.25, 0.3) is 0 Å². The normalized spacial score (nSPS) is 18.6. The molecule has 0 N–H and O–H groups in total. The van der Waals surface area contributed by atoms with Crippen molar-refractivity contribution in [1.82, 2.24) is 9.97 Å². The summed E-state index contributed by atoms with van der Waals surface area (Å²) >= 11 is 0. The molecule has 1 aromatic rings. The third kappa shape index (κ3) is 1.86. The zero-order chi connectivity index (χ0) is 9.26. The Kier molecular flexibility index (Phi) is 2.27. The highest BCUT2D eigenvalue weighted by atomic mass is 16.5. The third-order valence-corrected chi connectivity index (χ3v) is 2.41. The molecule has 1 aliphatic carbocycles. The molecule has 1 atom stereocenters. The molecule has 0 spiro atoms. The molecule has 2 rings (SSSR count). The van der Waals surface area contributed by atoms with Gasteiger partial charge in [-0.15, -0.1) is 0 Å². The van der Waals surface area contributed by atoms with E-state index in [9.17, 15) is 0 Å². The SMILES string of the molecule is COC(C)c1ccnc(C2CC2)n1. The van der Waals surface area contributed by atoms with Crippen molar-refractivity contribution in [2.24, 2.45) is 0 Å². The monoisotopic (exact) mass is 178 g/mol. The van der Waals surface area contributed by atoms with Gasteiger partial charge in [0, 0.05) is 19.2 Å². The molecule has 1 unspecified atom stereocenters. The lowest BCUT2D eigenvalue weighted by atomic mass is 10.2. The first kappa shape index (κ1) is 8.63. The number of rotatable bonds is 3. The fraction of sp³-hybridized carbons (Fsp3) is 0.600. The molecule has 1 aliphatic rings. The number of ether oxygens (including phenoxy) is 1. The van der Waals surface area contributed by atoms with Crippen LogP contribution in [-0.2, 0) is 4.74 Å². The maximum absolute atomic E-state index is 5.20. The second kappa shape index (κ2) is 3.42. The Morgan fingerprint density at radius 3 is 2.92 bits per heavy atom. The quantitative estimate of drug-likeness (QED) is 0.710. The third-order valence-electron chi connectivity index (χ3n) is 2.41. The van der Waals surface area contributed by atoms with E-state index in [1.165, 1.54) is 12.8 Å². The minimum atomic E-state index is 0.0699. The van der Waals surface area contributed by atoms with Gasteiger partial charge in [-0.1, -0.05) is 0 Å². The zero-order valence-electron chi connectivity index (χ0n) is 8.03. The molecule has 70 valence electrons. The number of methoxy groups -OCH3 is 1. The van der Waals surface area contributed by atoms with E-state index in [0.717, 1.165) is 11.5 Å². The Morgan fingerprint density at radius 1 is 1.54 bits per heavy atom. The Labute approximate surface area is 78.2 Å². The lowest BCUT2D eigenvalue weighted by Crippen LogP contribution is -2.02. The highest BCUT2D eigenvalue weighted by Gasteiger charge is 2.26. The van der Waals surface area contributed by atoms with Crippen molar-refractivity contribution in [3.63, 3.8) is 0 Å². The van der Waals surface area contributed by atoms with E-state index in [2.05, 4.69) is 9.97 Å². The summed E-state index contributed by atoms with van der Waals surface area (Å²) in [5, 5.41) is 0. The van der Waals surface area contributed by atoms with Gasteiger partial charge in [-0.05, 0) is 25.8 Å². The summed E-state index contributed by atoms with van der Waals surface area (Å²) in [7, 11) is 1.70. The van der Waals surface area contributed by atoms with Crippen LogP contribution in [0.1, 0.15) is 43.3 Å². The predicted octanol–water partition coefficient (Wildman–Crippen LogP) is 2.06. The van der Waals surface area contributed by atoms with Crippen LogP contribution in [0.2, 0.25) is 0 Å². The van der Waals surface area contributed by atoms with Crippen LogP contribution >= 0.6 is 0 Å². The lowest BCUT2D eigenvalue weighted by molar-refractivity contribution is 0.115. The summed E-state index contributed by atoms with van der Waals surface area (Å²) in [4.78, 5) is 8.72. The van der Waals surface area contributed by atoms with Crippen molar-refractivity contribution < 1.29 is 4.74 Å². The molecule has 0 bridgehead atoms. The molecule has 3 heteroatoms. The van der Waals surface area contributed by atoms with Gasteiger partial charge in [0.2, 0.25) is 0 Å². The summed E-state index contributed by atoms with van der Waals surface area (Å²) < 4.78 is 5.20. The van der Waals surface area contributed by atoms with Crippen LogP contribution in [0.3, 0.4) is 0 Å². The van der Waals surface area contributed by atoms with Crippen LogP contribution in [-0.4, -0.2) is 17.1 Å². The molecule has 0 aliphatic heterocycles. The molecular weight excluding hydrogens is 164 g/mol. The number of hydrogen-bond donors (Lipinski definition) is 0. The summed E-state index contributed by atoms with van der Waals surface area (Å²) in [6.07, 6.45) is 4.38. The Balaban J connectivity index is 2.21. The highest BCUT2D eigenvalue weighted by Crippen LogP contribution is 2.38. The average molecular weight is 178 g/mol. The Bertz CT molecular complexity index is 297. The fourth-order valence-corrected chi connectivity index (χ4v) is 1.27. The molecule has 1 heterocycles. The maximum atomic E-state index is 5.20. The topological polar surface area (TPSA) is 35.0 Å². The second-order valence-electron chi connectivity index (χ2n) is 3.49. The number of hydrogen-bond acceptors (Lipinski definition) is 3. The first-order valence-electron chi connectivity index (χ1n) is 4.67. The van der Waals surface area contributed by atoms with Crippen LogP contribution in [0.5, 0.6) is 0 Å². The maximum Gasteiger partial charge on any atom is 0.131 e.